The van der Waals surface area contributed by atoms with E-state index in [4.69, 9.17) is 0 Å². The largest absolute Gasteiger partial charge is 0.313 e. The molecule has 0 radical (unpaired) electrons. The fourth-order valence-electron chi connectivity index (χ4n) is 3.20. The maximum atomic E-state index is 14.5. The van der Waals surface area contributed by atoms with Crippen molar-refractivity contribution >= 4 is 15.7 Å². The molecule has 0 aliphatic heterocycles. The molecule has 3 aromatic rings. The van der Waals surface area contributed by atoms with Gasteiger partial charge in [-0.3, -0.25) is 9.52 Å². The van der Waals surface area contributed by atoms with Crippen LogP contribution in [-0.4, -0.2) is 28.0 Å². The summed E-state index contributed by atoms with van der Waals surface area (Å²) in [6.07, 6.45) is 6.30. The first-order chi connectivity index (χ1) is 14.2. The first kappa shape index (κ1) is 20.3. The van der Waals surface area contributed by atoms with Crippen molar-refractivity contribution in [1.82, 2.24) is 14.3 Å². The van der Waals surface area contributed by atoms with E-state index >= 15 is 0 Å². The van der Waals surface area contributed by atoms with Crippen LogP contribution < -0.4 is 10.3 Å². The van der Waals surface area contributed by atoms with Gasteiger partial charge in [0.05, 0.1) is 22.8 Å². The Balaban J connectivity index is 1.58. The molecule has 1 saturated carbocycles. The normalized spacial score (nSPS) is 14.3. The lowest BCUT2D eigenvalue weighted by Gasteiger charge is -2.10. The quantitative estimate of drug-likeness (QED) is 0.623. The molecule has 1 aliphatic rings. The van der Waals surface area contributed by atoms with Gasteiger partial charge in [-0.25, -0.2) is 17.5 Å². The van der Waals surface area contributed by atoms with Crippen LogP contribution >= 0.6 is 0 Å². The van der Waals surface area contributed by atoms with E-state index in [0.717, 1.165) is 5.69 Å². The molecule has 30 heavy (non-hydrogen) atoms. The first-order valence-electron chi connectivity index (χ1n) is 9.80. The van der Waals surface area contributed by atoms with E-state index < -0.39 is 21.1 Å². The third kappa shape index (κ3) is 4.30. The molecule has 2 heterocycles. The Bertz CT molecular complexity index is 1240. The van der Waals surface area contributed by atoms with Gasteiger partial charge in [0.2, 0.25) is 10.0 Å². The number of rotatable bonds is 7. The molecule has 0 saturated heterocycles. The van der Waals surface area contributed by atoms with Crippen LogP contribution in [0.5, 0.6) is 0 Å². The average Bonchev–Trinajstić information content (AvgIpc) is 3.43. The van der Waals surface area contributed by atoms with E-state index in [2.05, 4.69) is 9.82 Å². The molecule has 7 nitrogen and oxygen atoms in total. The number of nitrogens with zero attached hydrogens (tertiary/aromatic N) is 3. The van der Waals surface area contributed by atoms with Gasteiger partial charge in [-0.1, -0.05) is 19.9 Å². The number of aromatic nitrogens is 3. The highest BCUT2D eigenvalue weighted by molar-refractivity contribution is 7.93. The maximum absolute atomic E-state index is 14.5. The van der Waals surface area contributed by atoms with Crippen LogP contribution in [0.2, 0.25) is 0 Å². The van der Waals surface area contributed by atoms with Crippen molar-refractivity contribution in [3.8, 4) is 16.8 Å². The molecule has 158 valence electrons. The molecule has 1 N–H and O–H groups in total. The minimum atomic E-state index is -3.52. The Morgan fingerprint density at radius 2 is 1.93 bits per heavy atom. The monoisotopic (exact) mass is 430 g/mol. The zero-order valence-electron chi connectivity index (χ0n) is 16.7. The second kappa shape index (κ2) is 7.71. The molecular weight excluding hydrogens is 407 g/mol. The summed E-state index contributed by atoms with van der Waals surface area (Å²) in [5, 5.41) is 3.90. The highest BCUT2D eigenvalue weighted by Crippen LogP contribution is 2.31. The average molecular weight is 431 g/mol. The van der Waals surface area contributed by atoms with Crippen LogP contribution in [0.4, 0.5) is 10.1 Å². The lowest BCUT2D eigenvalue weighted by atomic mass is 10.1. The van der Waals surface area contributed by atoms with Crippen LogP contribution in [0, 0.1) is 11.7 Å². The fourth-order valence-corrected chi connectivity index (χ4v) is 4.59. The minimum absolute atomic E-state index is 0.0567. The number of anilines is 1. The molecule has 1 fully saturated rings. The van der Waals surface area contributed by atoms with Gasteiger partial charge in [-0.15, -0.1) is 0 Å². The van der Waals surface area contributed by atoms with Gasteiger partial charge in [-0.2, -0.15) is 5.10 Å². The van der Waals surface area contributed by atoms with E-state index in [0.29, 0.717) is 36.4 Å². The van der Waals surface area contributed by atoms with E-state index in [9.17, 15) is 17.6 Å². The first-order valence-corrected chi connectivity index (χ1v) is 11.3. The van der Waals surface area contributed by atoms with Crippen molar-refractivity contribution in [2.45, 2.75) is 38.5 Å². The summed E-state index contributed by atoms with van der Waals surface area (Å²) >= 11 is 0. The van der Waals surface area contributed by atoms with Gasteiger partial charge in [0.1, 0.15) is 5.82 Å². The lowest BCUT2D eigenvalue weighted by molar-refractivity contribution is 0.509. The summed E-state index contributed by atoms with van der Waals surface area (Å²) in [7, 11) is -3.52. The Morgan fingerprint density at radius 3 is 2.60 bits per heavy atom. The van der Waals surface area contributed by atoms with Crippen LogP contribution in [0.1, 0.15) is 26.7 Å². The SMILES string of the molecule is CC(C)Cn1cc(-n2cc(-c3ccc(NS(=O)(=O)C4CC4)c(F)c3)cn2)ccc1=O. The third-order valence-electron chi connectivity index (χ3n) is 4.89. The van der Waals surface area contributed by atoms with Gasteiger partial charge in [-0.05, 0) is 42.5 Å². The van der Waals surface area contributed by atoms with E-state index in [1.165, 1.54) is 18.2 Å². The minimum Gasteiger partial charge on any atom is -0.313 e. The van der Waals surface area contributed by atoms with Crippen LogP contribution in [-0.2, 0) is 16.6 Å². The summed E-state index contributed by atoms with van der Waals surface area (Å²) < 4.78 is 44.2. The Hall–Kier alpha value is -2.94. The summed E-state index contributed by atoms with van der Waals surface area (Å²) in [5.41, 5.74) is 1.83. The molecule has 0 atom stereocenters. The van der Waals surface area contributed by atoms with E-state index in [1.807, 2.05) is 13.8 Å². The molecule has 0 bridgehead atoms. The Morgan fingerprint density at radius 1 is 1.17 bits per heavy atom. The Labute approximate surface area is 174 Å². The fraction of sp³-hybridized carbons (Fsp3) is 0.333. The molecule has 0 unspecified atom stereocenters. The van der Waals surface area contributed by atoms with Gasteiger partial charge in [0, 0.05) is 30.6 Å². The predicted molar refractivity (Wildman–Crippen MR) is 114 cm³/mol. The molecule has 9 heteroatoms. The number of hydrogen-bond acceptors (Lipinski definition) is 4. The number of hydrogen-bond donors (Lipinski definition) is 1. The smallest absolute Gasteiger partial charge is 0.250 e. The van der Waals surface area contributed by atoms with Crippen molar-refractivity contribution in [3.63, 3.8) is 0 Å². The lowest BCUT2D eigenvalue weighted by Crippen LogP contribution is -2.21. The summed E-state index contributed by atoms with van der Waals surface area (Å²) in [4.78, 5) is 12.0. The second-order valence-corrected chi connectivity index (χ2v) is 9.95. The van der Waals surface area contributed by atoms with Crippen molar-refractivity contribution < 1.29 is 12.8 Å². The number of nitrogens with one attached hydrogen (secondary N) is 1. The third-order valence-corrected chi connectivity index (χ3v) is 6.75. The summed E-state index contributed by atoms with van der Waals surface area (Å²) in [6.45, 7) is 4.67. The Kier molecular flexibility index (Phi) is 5.23. The van der Waals surface area contributed by atoms with Crippen molar-refractivity contribution in [1.29, 1.82) is 0 Å². The zero-order chi connectivity index (χ0) is 21.5. The van der Waals surface area contributed by atoms with Crippen LogP contribution in [0.3, 0.4) is 0 Å². The van der Waals surface area contributed by atoms with Gasteiger partial charge in [0.15, 0.2) is 0 Å². The summed E-state index contributed by atoms with van der Waals surface area (Å²) in [5.74, 6) is -0.320. The highest BCUT2D eigenvalue weighted by atomic mass is 32.2. The van der Waals surface area contributed by atoms with E-state index in [1.54, 1.807) is 40.0 Å². The number of sulfonamides is 1. The van der Waals surface area contributed by atoms with Crippen molar-refractivity contribution in [2.75, 3.05) is 4.72 Å². The van der Waals surface area contributed by atoms with Crippen molar-refractivity contribution in [2.24, 2.45) is 5.92 Å². The topological polar surface area (TPSA) is 86.0 Å². The molecule has 4 rings (SSSR count). The standard InChI is InChI=1S/C21H23FN4O3S/c1-14(2)11-25-13-17(4-8-21(25)27)26-12-16(10-23-26)15-3-7-20(19(22)9-15)24-30(28,29)18-5-6-18/h3-4,7-10,12-14,18,24H,5-6,11H2,1-2H3. The molecule has 2 aromatic heterocycles. The maximum Gasteiger partial charge on any atom is 0.250 e. The van der Waals surface area contributed by atoms with Crippen LogP contribution in [0.25, 0.3) is 16.8 Å². The molecule has 0 amide bonds. The van der Waals surface area contributed by atoms with Gasteiger partial charge in [0.25, 0.3) is 5.56 Å². The number of halogens is 1. The van der Waals surface area contributed by atoms with Crippen molar-refractivity contribution in [3.05, 3.63) is 65.1 Å². The predicted octanol–water partition coefficient (Wildman–Crippen LogP) is 3.40. The van der Waals surface area contributed by atoms with E-state index in [-0.39, 0.29) is 11.2 Å². The van der Waals surface area contributed by atoms with Gasteiger partial charge >= 0.3 is 0 Å². The number of pyridine rings is 1. The summed E-state index contributed by atoms with van der Waals surface area (Å²) in [6, 6.07) is 7.54. The highest BCUT2D eigenvalue weighted by Gasteiger charge is 2.36. The zero-order valence-corrected chi connectivity index (χ0v) is 17.6. The second-order valence-electron chi connectivity index (χ2n) is 7.99. The van der Waals surface area contributed by atoms with Crippen LogP contribution in [0.15, 0.2) is 53.7 Å². The molecule has 1 aliphatic carbocycles. The number of benzene rings is 1. The molecule has 0 spiro atoms. The van der Waals surface area contributed by atoms with Gasteiger partial charge < -0.3 is 4.57 Å². The molecular formula is C21H23FN4O3S. The molecule has 1 aromatic carbocycles.